The van der Waals surface area contributed by atoms with E-state index < -0.39 is 11.7 Å². The average molecular weight is 490 g/mol. The Hall–Kier alpha value is -1.64. The van der Waals surface area contributed by atoms with Gasteiger partial charge in [-0.05, 0) is 47.2 Å². The van der Waals surface area contributed by atoms with E-state index in [1.165, 1.54) is 24.4 Å². The number of nitrogens with zero attached hydrogens (tertiary/aromatic N) is 4. The summed E-state index contributed by atoms with van der Waals surface area (Å²) < 4.78 is 15.8. The fourth-order valence-electron chi connectivity index (χ4n) is 2.09. The number of halogens is 3. The van der Waals surface area contributed by atoms with Gasteiger partial charge in [-0.2, -0.15) is 5.10 Å². The Balaban J connectivity index is 1.83. The molecule has 0 aromatic carbocycles. The van der Waals surface area contributed by atoms with E-state index in [0.717, 1.165) is 0 Å². The number of hydrogen-bond donors (Lipinski definition) is 1. The highest BCUT2D eigenvalue weighted by Gasteiger charge is 2.10. The number of pyridine rings is 2. The van der Waals surface area contributed by atoms with Crippen molar-refractivity contribution in [1.29, 1.82) is 0 Å². The monoisotopic (exact) mass is 489 g/mol. The maximum atomic E-state index is 14.1. The van der Waals surface area contributed by atoms with Crippen LogP contribution >= 0.6 is 40.0 Å². The van der Waals surface area contributed by atoms with Gasteiger partial charge in [-0.1, -0.05) is 11.6 Å². The van der Waals surface area contributed by atoms with Gasteiger partial charge in [-0.15, -0.1) is 0 Å². The molecule has 0 saturated heterocycles. The van der Waals surface area contributed by atoms with Crippen LogP contribution in [0.3, 0.4) is 0 Å². The second kappa shape index (κ2) is 7.72. The van der Waals surface area contributed by atoms with Crippen LogP contribution in [0.1, 0.15) is 11.4 Å². The van der Waals surface area contributed by atoms with Crippen molar-refractivity contribution in [3.05, 3.63) is 52.8 Å². The Kier molecular flexibility index (Phi) is 5.61. The lowest BCUT2D eigenvalue weighted by molar-refractivity contribution is -0.111. The summed E-state index contributed by atoms with van der Waals surface area (Å²) in [5.74, 6) is -0.953. The van der Waals surface area contributed by atoms with Crippen molar-refractivity contribution in [2.45, 2.75) is 6.92 Å². The normalized spacial score (nSPS) is 11.8. The van der Waals surface area contributed by atoms with Crippen LogP contribution in [0.2, 0.25) is 5.02 Å². The highest BCUT2D eigenvalue weighted by atomic mass is 127. The second-order valence-electron chi connectivity index (χ2n) is 5.02. The minimum absolute atomic E-state index is 0.0694. The van der Waals surface area contributed by atoms with E-state index in [1.807, 2.05) is 0 Å². The molecule has 6 nitrogen and oxygen atoms in total. The van der Waals surface area contributed by atoms with E-state index in [0.29, 0.717) is 33.8 Å². The van der Waals surface area contributed by atoms with E-state index in [1.54, 1.807) is 23.6 Å². The molecule has 128 valence electrons. The van der Waals surface area contributed by atoms with Gasteiger partial charge in [0.25, 0.3) is 0 Å². The minimum atomic E-state index is -0.520. The molecule has 3 aromatic heterocycles. The zero-order valence-electron chi connectivity index (χ0n) is 12.8. The number of rotatable bonds is 4. The average Bonchev–Trinajstić information content (AvgIpc) is 2.97. The van der Waals surface area contributed by atoms with Crippen LogP contribution in [0.4, 0.5) is 10.1 Å². The van der Waals surface area contributed by atoms with Gasteiger partial charge in [0.2, 0.25) is 5.91 Å². The van der Waals surface area contributed by atoms with Crippen molar-refractivity contribution in [3.63, 3.8) is 0 Å². The largest absolute Gasteiger partial charge is 0.321 e. The fourth-order valence-corrected chi connectivity index (χ4v) is 3.67. The summed E-state index contributed by atoms with van der Waals surface area (Å²) in [6.45, 7) is 1.75. The maximum absolute atomic E-state index is 14.1. The number of hydrogen-bond acceptors (Lipinski definition) is 4. The number of anilines is 1. The van der Waals surface area contributed by atoms with E-state index in [4.69, 9.17) is 11.6 Å². The molecule has 0 aliphatic carbocycles. The molecule has 0 bridgehead atoms. The first-order valence-electron chi connectivity index (χ1n) is 7.00. The van der Waals surface area contributed by atoms with Crippen molar-refractivity contribution in [3.8, 4) is 0 Å². The summed E-state index contributed by atoms with van der Waals surface area (Å²) in [5, 5.41) is 7.82. The van der Waals surface area contributed by atoms with Crippen LogP contribution in [0.5, 0.6) is 0 Å². The Morgan fingerprint density at radius 1 is 1.44 bits per heavy atom. The van der Waals surface area contributed by atoms with Crippen molar-refractivity contribution in [2.75, 3.05) is 5.32 Å². The molecule has 0 fully saturated rings. The summed E-state index contributed by atoms with van der Waals surface area (Å²) >= 11 is 8.03. The standard InChI is InChI=1S/C15H11ClFIN5OP/c1-8-13(5-10(16)7-19-8)21-14(24)3-2-12-11(17)4-9-6-20-23(25-18)15(9)22-12/h2-7,25H,1H3,(H,21,24)/b3-2+. The smallest absolute Gasteiger partial charge is 0.248 e. The third kappa shape index (κ3) is 4.13. The number of aromatic nitrogens is 4. The van der Waals surface area contributed by atoms with Crippen molar-refractivity contribution in [2.24, 2.45) is 0 Å². The summed E-state index contributed by atoms with van der Waals surface area (Å²) in [4.78, 5) is 20.4. The van der Waals surface area contributed by atoms with Crippen LogP contribution < -0.4 is 5.32 Å². The van der Waals surface area contributed by atoms with Gasteiger partial charge in [-0.3, -0.25) is 9.78 Å². The van der Waals surface area contributed by atoms with E-state index in [9.17, 15) is 9.18 Å². The van der Waals surface area contributed by atoms with E-state index >= 15 is 0 Å². The molecule has 0 aliphatic heterocycles. The van der Waals surface area contributed by atoms with Gasteiger partial charge < -0.3 is 5.32 Å². The zero-order valence-corrected chi connectivity index (χ0v) is 16.7. The minimum Gasteiger partial charge on any atom is -0.321 e. The lowest BCUT2D eigenvalue weighted by Gasteiger charge is -2.05. The maximum Gasteiger partial charge on any atom is 0.248 e. The number of fused-ring (bicyclic) bond motifs is 1. The molecule has 3 aromatic rings. The van der Waals surface area contributed by atoms with Crippen molar-refractivity contribution in [1.82, 2.24) is 19.5 Å². The van der Waals surface area contributed by atoms with E-state index in [-0.39, 0.29) is 5.69 Å². The molecule has 1 atom stereocenters. The lowest BCUT2D eigenvalue weighted by Crippen LogP contribution is -2.09. The zero-order chi connectivity index (χ0) is 18.0. The third-order valence-electron chi connectivity index (χ3n) is 3.31. The van der Waals surface area contributed by atoms with Gasteiger partial charge in [-0.25, -0.2) is 13.8 Å². The first kappa shape index (κ1) is 18.2. The topological polar surface area (TPSA) is 72.7 Å². The highest BCUT2D eigenvalue weighted by Crippen LogP contribution is 2.28. The van der Waals surface area contributed by atoms with Gasteiger partial charge in [0.05, 0.1) is 29.0 Å². The van der Waals surface area contributed by atoms with Crippen LogP contribution in [-0.2, 0) is 4.79 Å². The molecule has 1 N–H and O–H groups in total. The Morgan fingerprint density at radius 3 is 3.00 bits per heavy atom. The predicted octanol–water partition coefficient (Wildman–Crippen LogP) is 4.37. The summed E-state index contributed by atoms with van der Waals surface area (Å²) in [6, 6.07) is 2.95. The van der Waals surface area contributed by atoms with Crippen LogP contribution in [-0.4, -0.2) is 25.4 Å². The lowest BCUT2D eigenvalue weighted by atomic mass is 10.2. The first-order valence-corrected chi connectivity index (χ1v) is 11.4. The van der Waals surface area contributed by atoms with Crippen molar-refractivity contribution >= 4 is 68.7 Å². The summed E-state index contributed by atoms with van der Waals surface area (Å²) in [7, 11) is 0. The number of aryl methyl sites for hydroxylation is 1. The molecule has 0 radical (unpaired) electrons. The molecule has 1 amide bonds. The predicted molar refractivity (Wildman–Crippen MR) is 107 cm³/mol. The molecular weight excluding hydrogens is 479 g/mol. The molecule has 1 unspecified atom stereocenters. The highest BCUT2D eigenvalue weighted by molar-refractivity contribution is 14.2. The molecule has 0 saturated carbocycles. The Morgan fingerprint density at radius 2 is 2.24 bits per heavy atom. The second-order valence-corrected chi connectivity index (χ2v) is 7.49. The van der Waals surface area contributed by atoms with Crippen molar-refractivity contribution < 1.29 is 9.18 Å². The fraction of sp³-hybridized carbons (Fsp3) is 0.0667. The Bertz CT molecular complexity index is 993. The van der Waals surface area contributed by atoms with Gasteiger partial charge in [0, 0.05) is 17.7 Å². The molecular formula is C15H11ClFIN5OP. The molecule has 3 heterocycles. The summed E-state index contributed by atoms with van der Waals surface area (Å²) in [5.41, 5.74) is 1.77. The van der Waals surface area contributed by atoms with Crippen LogP contribution in [0, 0.1) is 12.7 Å². The molecule has 0 spiro atoms. The van der Waals surface area contributed by atoms with Crippen LogP contribution in [0.25, 0.3) is 17.1 Å². The van der Waals surface area contributed by atoms with Gasteiger partial charge in [0.1, 0.15) is 11.5 Å². The SMILES string of the molecule is Cc1ncc(Cl)cc1NC(=O)/C=C/c1nc2c(cnn2PI)cc1F. The number of carbonyl (C=O) groups excluding carboxylic acids is 1. The number of carbonyl (C=O) groups is 1. The quantitative estimate of drug-likeness (QED) is 0.336. The molecule has 25 heavy (non-hydrogen) atoms. The van der Waals surface area contributed by atoms with Gasteiger partial charge in [0.15, 0.2) is 5.65 Å². The first-order chi connectivity index (χ1) is 12.0. The van der Waals surface area contributed by atoms with Gasteiger partial charge >= 0.3 is 0 Å². The third-order valence-corrected chi connectivity index (χ3v) is 5.37. The number of nitrogens with one attached hydrogen (secondary N) is 1. The van der Waals surface area contributed by atoms with E-state index in [2.05, 4.69) is 42.4 Å². The molecule has 10 heteroatoms. The molecule has 3 rings (SSSR count). The number of amides is 1. The summed E-state index contributed by atoms with van der Waals surface area (Å²) in [6.07, 6.45) is 5.94. The Labute approximate surface area is 162 Å². The molecule has 0 aliphatic rings. The van der Waals surface area contributed by atoms with Crippen LogP contribution in [0.15, 0.2) is 30.6 Å².